The summed E-state index contributed by atoms with van der Waals surface area (Å²) in [5, 5.41) is 15.3. The molecule has 2 aromatic rings. The van der Waals surface area contributed by atoms with Gasteiger partial charge in [-0.1, -0.05) is 30.3 Å². The number of hydrogen-bond donors (Lipinski definition) is 3. The number of carbonyl (C=O) groups is 2. The number of carboxylic acid groups (broad SMARTS) is 1. The number of nitrogens with one attached hydrogen (secondary N) is 2. The molecule has 1 aliphatic rings. The molecule has 2 aromatic carbocycles. The molecule has 130 valence electrons. The van der Waals surface area contributed by atoms with Gasteiger partial charge in [-0.05, 0) is 29.7 Å². The fraction of sp³-hybridized carbons (Fsp3) is 0.263. The first-order valence-electron chi connectivity index (χ1n) is 8.07. The second-order valence-corrected chi connectivity index (χ2v) is 5.96. The van der Waals surface area contributed by atoms with Crippen molar-refractivity contribution < 1.29 is 19.4 Å². The highest BCUT2D eigenvalue weighted by Crippen LogP contribution is 2.40. The van der Waals surface area contributed by atoms with E-state index >= 15 is 0 Å². The highest BCUT2D eigenvalue weighted by molar-refractivity contribution is 5.83. The molecule has 0 fully saturated rings. The molecular formula is C19H20N2O4. The molecule has 1 aliphatic carbocycles. The standard InChI is InChI=1S/C19H20N2O4/c1-25-13-6-4-5-12(9-13)20-11-18(22)21-17-10-16(19(23)24)14-7-2-3-8-15(14)17/h2-9,16-17,20H,10-11H2,1H3,(H,21,22)(H,23,24). The third-order valence-corrected chi connectivity index (χ3v) is 4.37. The van der Waals surface area contributed by atoms with Crippen molar-refractivity contribution in [3.05, 3.63) is 59.7 Å². The molecule has 0 bridgehead atoms. The SMILES string of the molecule is COc1cccc(NCC(=O)NC2CC(C(=O)O)c3ccccc32)c1. The van der Waals surface area contributed by atoms with Crippen molar-refractivity contribution in [2.75, 3.05) is 19.0 Å². The van der Waals surface area contributed by atoms with Crippen LogP contribution >= 0.6 is 0 Å². The van der Waals surface area contributed by atoms with Gasteiger partial charge in [0.25, 0.3) is 0 Å². The van der Waals surface area contributed by atoms with Crippen molar-refractivity contribution in [3.63, 3.8) is 0 Å². The summed E-state index contributed by atoms with van der Waals surface area (Å²) in [6.45, 7) is 0.101. The van der Waals surface area contributed by atoms with Crippen LogP contribution in [0.15, 0.2) is 48.5 Å². The number of amides is 1. The van der Waals surface area contributed by atoms with Gasteiger partial charge in [0.2, 0.25) is 5.91 Å². The van der Waals surface area contributed by atoms with Crippen LogP contribution in [0.3, 0.4) is 0 Å². The summed E-state index contributed by atoms with van der Waals surface area (Å²) in [6.07, 6.45) is 0.375. The number of carbonyl (C=O) groups excluding carboxylic acids is 1. The molecule has 1 amide bonds. The third-order valence-electron chi connectivity index (χ3n) is 4.37. The van der Waals surface area contributed by atoms with Crippen molar-refractivity contribution in [3.8, 4) is 5.75 Å². The normalized spacial score (nSPS) is 18.3. The molecule has 0 aromatic heterocycles. The van der Waals surface area contributed by atoms with Crippen LogP contribution in [0.2, 0.25) is 0 Å². The van der Waals surface area contributed by atoms with E-state index in [1.54, 1.807) is 13.2 Å². The zero-order valence-corrected chi connectivity index (χ0v) is 13.9. The Morgan fingerprint density at radius 2 is 1.92 bits per heavy atom. The predicted molar refractivity (Wildman–Crippen MR) is 93.8 cm³/mol. The van der Waals surface area contributed by atoms with Crippen molar-refractivity contribution in [1.82, 2.24) is 5.32 Å². The summed E-state index contributed by atoms with van der Waals surface area (Å²) >= 11 is 0. The van der Waals surface area contributed by atoms with Crippen molar-refractivity contribution in [2.24, 2.45) is 0 Å². The highest BCUT2D eigenvalue weighted by Gasteiger charge is 2.35. The van der Waals surface area contributed by atoms with E-state index in [4.69, 9.17) is 4.74 Å². The molecule has 0 heterocycles. The molecule has 0 saturated carbocycles. The smallest absolute Gasteiger partial charge is 0.311 e. The summed E-state index contributed by atoms with van der Waals surface area (Å²) in [5.41, 5.74) is 2.44. The quantitative estimate of drug-likeness (QED) is 0.752. The van der Waals surface area contributed by atoms with E-state index < -0.39 is 11.9 Å². The molecule has 25 heavy (non-hydrogen) atoms. The van der Waals surface area contributed by atoms with E-state index in [-0.39, 0.29) is 18.5 Å². The predicted octanol–water partition coefficient (Wildman–Crippen LogP) is 2.54. The molecule has 3 N–H and O–H groups in total. The largest absolute Gasteiger partial charge is 0.497 e. The van der Waals surface area contributed by atoms with E-state index in [0.29, 0.717) is 12.2 Å². The lowest BCUT2D eigenvalue weighted by molar-refractivity contribution is -0.139. The number of aliphatic carboxylic acids is 1. The molecule has 2 unspecified atom stereocenters. The summed E-state index contributed by atoms with van der Waals surface area (Å²) < 4.78 is 5.15. The number of anilines is 1. The Kier molecular flexibility index (Phi) is 4.88. The Labute approximate surface area is 145 Å². The summed E-state index contributed by atoms with van der Waals surface area (Å²) in [4.78, 5) is 23.7. The molecule has 6 nitrogen and oxygen atoms in total. The van der Waals surface area contributed by atoms with Crippen LogP contribution in [-0.4, -0.2) is 30.6 Å². The average Bonchev–Trinajstić information content (AvgIpc) is 2.99. The minimum Gasteiger partial charge on any atom is -0.497 e. The molecule has 0 saturated heterocycles. The average molecular weight is 340 g/mol. The zero-order valence-electron chi connectivity index (χ0n) is 13.9. The van der Waals surface area contributed by atoms with Crippen LogP contribution in [-0.2, 0) is 9.59 Å². The second-order valence-electron chi connectivity index (χ2n) is 5.96. The van der Waals surface area contributed by atoms with Crippen molar-refractivity contribution >= 4 is 17.6 Å². The Morgan fingerprint density at radius 1 is 1.16 bits per heavy atom. The number of ether oxygens (including phenoxy) is 1. The molecule has 0 spiro atoms. The first-order valence-corrected chi connectivity index (χ1v) is 8.07. The minimum absolute atomic E-state index is 0.101. The molecule has 0 aliphatic heterocycles. The maximum absolute atomic E-state index is 12.3. The molecule has 3 rings (SSSR count). The van der Waals surface area contributed by atoms with Crippen LogP contribution in [0.1, 0.15) is 29.5 Å². The van der Waals surface area contributed by atoms with Crippen LogP contribution in [0, 0.1) is 0 Å². The maximum atomic E-state index is 12.3. The minimum atomic E-state index is -0.862. The van der Waals surface area contributed by atoms with Gasteiger partial charge in [0.1, 0.15) is 5.75 Å². The zero-order chi connectivity index (χ0) is 17.8. The van der Waals surface area contributed by atoms with Crippen molar-refractivity contribution in [1.29, 1.82) is 0 Å². The van der Waals surface area contributed by atoms with Gasteiger partial charge in [0, 0.05) is 11.8 Å². The Bertz CT molecular complexity index is 790. The number of methoxy groups -OCH3 is 1. The highest BCUT2D eigenvalue weighted by atomic mass is 16.5. The lowest BCUT2D eigenvalue weighted by atomic mass is 10.0. The van der Waals surface area contributed by atoms with Gasteiger partial charge in [0.15, 0.2) is 0 Å². The van der Waals surface area contributed by atoms with Gasteiger partial charge >= 0.3 is 5.97 Å². The maximum Gasteiger partial charge on any atom is 0.311 e. The lowest BCUT2D eigenvalue weighted by Gasteiger charge is -2.15. The van der Waals surface area contributed by atoms with E-state index in [0.717, 1.165) is 16.8 Å². The molecule has 2 atom stereocenters. The lowest BCUT2D eigenvalue weighted by Crippen LogP contribution is -2.32. The third kappa shape index (κ3) is 3.74. The molecular weight excluding hydrogens is 320 g/mol. The number of benzene rings is 2. The Balaban J connectivity index is 1.62. The molecule has 6 heteroatoms. The summed E-state index contributed by atoms with van der Waals surface area (Å²) in [5.74, 6) is -0.917. The van der Waals surface area contributed by atoms with Gasteiger partial charge in [-0.15, -0.1) is 0 Å². The van der Waals surface area contributed by atoms with Crippen LogP contribution in [0.4, 0.5) is 5.69 Å². The number of fused-ring (bicyclic) bond motifs is 1. The van der Waals surface area contributed by atoms with Gasteiger partial charge in [-0.2, -0.15) is 0 Å². The van der Waals surface area contributed by atoms with E-state index in [9.17, 15) is 14.7 Å². The van der Waals surface area contributed by atoms with Gasteiger partial charge in [-0.3, -0.25) is 9.59 Å². The number of rotatable bonds is 6. The number of carboxylic acids is 1. The summed E-state index contributed by atoms with van der Waals surface area (Å²) in [7, 11) is 1.59. The second kappa shape index (κ2) is 7.25. The monoisotopic (exact) mass is 340 g/mol. The fourth-order valence-electron chi connectivity index (χ4n) is 3.17. The first kappa shape index (κ1) is 16.8. The van der Waals surface area contributed by atoms with E-state index in [1.807, 2.05) is 42.5 Å². The number of hydrogen-bond acceptors (Lipinski definition) is 4. The first-order chi connectivity index (χ1) is 12.1. The van der Waals surface area contributed by atoms with E-state index in [2.05, 4.69) is 10.6 Å². The fourth-order valence-corrected chi connectivity index (χ4v) is 3.17. The van der Waals surface area contributed by atoms with Crippen LogP contribution in [0.5, 0.6) is 5.75 Å². The Hall–Kier alpha value is -3.02. The topological polar surface area (TPSA) is 87.7 Å². The Morgan fingerprint density at radius 3 is 2.64 bits per heavy atom. The van der Waals surface area contributed by atoms with Crippen LogP contribution in [0.25, 0.3) is 0 Å². The van der Waals surface area contributed by atoms with Gasteiger partial charge < -0.3 is 20.5 Å². The van der Waals surface area contributed by atoms with Gasteiger partial charge in [-0.25, -0.2) is 0 Å². The molecule has 0 radical (unpaired) electrons. The van der Waals surface area contributed by atoms with Gasteiger partial charge in [0.05, 0.1) is 25.6 Å². The van der Waals surface area contributed by atoms with Crippen molar-refractivity contribution in [2.45, 2.75) is 18.4 Å². The van der Waals surface area contributed by atoms with E-state index in [1.165, 1.54) is 0 Å². The summed E-state index contributed by atoms with van der Waals surface area (Å²) in [6, 6.07) is 14.4. The van der Waals surface area contributed by atoms with Crippen LogP contribution < -0.4 is 15.4 Å².